The zero-order valence-electron chi connectivity index (χ0n) is 16.0. The Morgan fingerprint density at radius 2 is 1.79 bits per heavy atom. The second kappa shape index (κ2) is 8.60. The molecule has 3 rings (SSSR count). The third kappa shape index (κ3) is 4.74. The molecule has 156 valence electrons. The third-order valence-corrected chi connectivity index (χ3v) is 7.50. The van der Waals surface area contributed by atoms with E-state index in [9.17, 15) is 17.6 Å². The van der Waals surface area contributed by atoms with Crippen molar-refractivity contribution in [2.45, 2.75) is 25.2 Å². The first-order valence-electron chi connectivity index (χ1n) is 9.14. The lowest BCUT2D eigenvalue weighted by atomic mass is 9.94. The molecular weight excluding hydrogens is 438 g/mol. The monoisotopic (exact) mass is 458 g/mol. The van der Waals surface area contributed by atoms with Gasteiger partial charge in [-0.25, -0.2) is 12.8 Å². The molecule has 1 heterocycles. The molecule has 0 radical (unpaired) electrons. The van der Waals surface area contributed by atoms with Gasteiger partial charge in [-0.3, -0.25) is 4.79 Å². The molecule has 2 aromatic rings. The van der Waals surface area contributed by atoms with Crippen LogP contribution in [-0.2, 0) is 10.0 Å². The fourth-order valence-corrected chi connectivity index (χ4v) is 5.63. The van der Waals surface area contributed by atoms with Crippen molar-refractivity contribution in [3.05, 3.63) is 57.8 Å². The normalized spacial score (nSPS) is 20.4. The fraction of sp³-hybridized carbons (Fsp3) is 0.350. The smallest absolute Gasteiger partial charge is 0.258 e. The molecular formula is C20H21Cl2FN2O3S. The predicted molar refractivity (Wildman–Crippen MR) is 113 cm³/mol. The highest BCUT2D eigenvalue weighted by Gasteiger charge is 2.32. The van der Waals surface area contributed by atoms with Gasteiger partial charge in [0.15, 0.2) is 0 Å². The van der Waals surface area contributed by atoms with Gasteiger partial charge in [0.2, 0.25) is 10.0 Å². The van der Waals surface area contributed by atoms with E-state index in [1.165, 1.54) is 16.4 Å². The van der Waals surface area contributed by atoms with Crippen LogP contribution in [0.1, 0.15) is 30.6 Å². The lowest BCUT2D eigenvalue weighted by Gasteiger charge is -2.34. The minimum absolute atomic E-state index is 0.114. The summed E-state index contributed by atoms with van der Waals surface area (Å²) in [6.07, 6.45) is 0.948. The van der Waals surface area contributed by atoms with Gasteiger partial charge in [0.25, 0.3) is 5.91 Å². The number of hydrogen-bond acceptors (Lipinski definition) is 3. The van der Waals surface area contributed by atoms with E-state index < -0.39 is 21.7 Å². The van der Waals surface area contributed by atoms with Crippen LogP contribution in [0.3, 0.4) is 0 Å². The third-order valence-electron chi connectivity index (χ3n) is 4.86. The maximum absolute atomic E-state index is 14.3. The van der Waals surface area contributed by atoms with Crippen LogP contribution in [0.15, 0.2) is 41.3 Å². The summed E-state index contributed by atoms with van der Waals surface area (Å²) < 4.78 is 41.8. The second-order valence-electron chi connectivity index (χ2n) is 7.47. The van der Waals surface area contributed by atoms with Gasteiger partial charge in [-0.05, 0) is 48.6 Å². The number of sulfonamides is 1. The van der Waals surface area contributed by atoms with Crippen LogP contribution >= 0.6 is 23.2 Å². The lowest BCUT2D eigenvalue weighted by molar-refractivity contribution is 0.102. The number of rotatable bonds is 4. The average Bonchev–Trinajstić information content (AvgIpc) is 2.64. The molecule has 5 nitrogen and oxygen atoms in total. The van der Waals surface area contributed by atoms with Gasteiger partial charge in [-0.2, -0.15) is 4.31 Å². The number of amides is 1. The first kappa shape index (κ1) is 22.0. The molecule has 1 amide bonds. The maximum atomic E-state index is 14.3. The Morgan fingerprint density at radius 3 is 2.45 bits per heavy atom. The Kier molecular flexibility index (Phi) is 6.53. The average molecular weight is 459 g/mol. The van der Waals surface area contributed by atoms with Gasteiger partial charge in [-0.15, -0.1) is 0 Å². The number of piperidine rings is 1. The van der Waals surface area contributed by atoms with E-state index >= 15 is 0 Å². The largest absolute Gasteiger partial charge is 0.320 e. The molecule has 1 fully saturated rings. The molecule has 2 aromatic carbocycles. The zero-order valence-corrected chi connectivity index (χ0v) is 18.3. The number of anilines is 1. The molecule has 1 saturated heterocycles. The second-order valence-corrected chi connectivity index (χ2v) is 10.2. The lowest BCUT2D eigenvalue weighted by Crippen LogP contribution is -2.42. The highest BCUT2D eigenvalue weighted by Crippen LogP contribution is 2.31. The molecule has 0 aromatic heterocycles. The first-order chi connectivity index (χ1) is 13.6. The van der Waals surface area contributed by atoms with Crippen LogP contribution in [0.2, 0.25) is 10.0 Å². The number of halogens is 3. The van der Waals surface area contributed by atoms with Crippen molar-refractivity contribution in [1.29, 1.82) is 0 Å². The van der Waals surface area contributed by atoms with Gasteiger partial charge in [0.05, 0.1) is 26.2 Å². The molecule has 29 heavy (non-hydrogen) atoms. The van der Waals surface area contributed by atoms with Crippen LogP contribution in [0.4, 0.5) is 10.1 Å². The Hall–Kier alpha value is -1.67. The fourth-order valence-electron chi connectivity index (χ4n) is 3.58. The van der Waals surface area contributed by atoms with E-state index in [4.69, 9.17) is 23.2 Å². The summed E-state index contributed by atoms with van der Waals surface area (Å²) in [5.74, 6) is -1.20. The minimum Gasteiger partial charge on any atom is -0.320 e. The van der Waals surface area contributed by atoms with E-state index in [2.05, 4.69) is 5.32 Å². The number of carbonyl (C=O) groups excluding carboxylic acids is 1. The van der Waals surface area contributed by atoms with Crippen molar-refractivity contribution in [2.75, 3.05) is 18.4 Å². The maximum Gasteiger partial charge on any atom is 0.258 e. The summed E-state index contributed by atoms with van der Waals surface area (Å²) in [6, 6.07) is 7.87. The van der Waals surface area contributed by atoms with E-state index in [0.717, 1.165) is 18.6 Å². The van der Waals surface area contributed by atoms with Crippen molar-refractivity contribution in [3.8, 4) is 0 Å². The predicted octanol–water partition coefficient (Wildman–Crippen LogP) is 5.05. The van der Waals surface area contributed by atoms with Crippen LogP contribution in [-0.4, -0.2) is 31.7 Å². The molecule has 2 atom stereocenters. The summed E-state index contributed by atoms with van der Waals surface area (Å²) in [5.41, 5.74) is -0.185. The molecule has 1 aliphatic rings. The van der Waals surface area contributed by atoms with Crippen molar-refractivity contribution >= 4 is 44.8 Å². The van der Waals surface area contributed by atoms with Gasteiger partial charge in [-0.1, -0.05) is 43.1 Å². The van der Waals surface area contributed by atoms with Crippen LogP contribution in [0, 0.1) is 17.7 Å². The Bertz CT molecular complexity index is 1040. The standard InChI is InChI=1S/C20H21Cl2FN2O3S/c1-12-8-13(2)11-25(10-12)29(27,28)14-6-7-17(23)15(9-14)20(26)24-18-5-3-4-16(21)19(18)22/h3-7,9,12-13H,8,10-11H2,1-2H3,(H,24,26)/t12-,13-/m1/s1. The summed E-state index contributed by atoms with van der Waals surface area (Å²) in [6.45, 7) is 4.78. The highest BCUT2D eigenvalue weighted by molar-refractivity contribution is 7.89. The molecule has 0 aliphatic carbocycles. The van der Waals surface area contributed by atoms with Gasteiger partial charge < -0.3 is 5.32 Å². The van der Waals surface area contributed by atoms with Crippen LogP contribution in [0.25, 0.3) is 0 Å². The molecule has 0 unspecified atom stereocenters. The molecule has 0 spiro atoms. The number of benzene rings is 2. The number of carbonyl (C=O) groups is 1. The topological polar surface area (TPSA) is 66.5 Å². The Morgan fingerprint density at radius 1 is 1.14 bits per heavy atom. The number of nitrogens with one attached hydrogen (secondary N) is 1. The van der Waals surface area contributed by atoms with Crippen molar-refractivity contribution < 1.29 is 17.6 Å². The van der Waals surface area contributed by atoms with Crippen molar-refractivity contribution in [2.24, 2.45) is 11.8 Å². The molecule has 1 N–H and O–H groups in total. The number of hydrogen-bond donors (Lipinski definition) is 1. The highest BCUT2D eigenvalue weighted by atomic mass is 35.5. The van der Waals surface area contributed by atoms with Gasteiger partial charge >= 0.3 is 0 Å². The summed E-state index contributed by atoms with van der Waals surface area (Å²) >= 11 is 12.0. The van der Waals surface area contributed by atoms with Gasteiger partial charge in [0.1, 0.15) is 5.82 Å². The molecule has 9 heteroatoms. The summed E-state index contributed by atoms with van der Waals surface area (Å²) in [4.78, 5) is 12.5. The molecule has 0 bridgehead atoms. The Labute approximate surface area is 179 Å². The van der Waals surface area contributed by atoms with E-state index in [0.29, 0.717) is 13.1 Å². The first-order valence-corrected chi connectivity index (χ1v) is 11.3. The SMILES string of the molecule is C[C@@H]1C[C@@H](C)CN(S(=O)(=O)c2ccc(F)c(C(=O)Nc3cccc(Cl)c3Cl)c2)C1. The minimum atomic E-state index is -3.85. The van der Waals surface area contributed by atoms with E-state index in [-0.39, 0.29) is 38.0 Å². The summed E-state index contributed by atoms with van der Waals surface area (Å²) in [5, 5.41) is 2.82. The number of nitrogens with zero attached hydrogens (tertiary/aromatic N) is 1. The van der Waals surface area contributed by atoms with E-state index in [1.807, 2.05) is 13.8 Å². The van der Waals surface area contributed by atoms with Crippen molar-refractivity contribution in [3.63, 3.8) is 0 Å². The molecule has 0 saturated carbocycles. The van der Waals surface area contributed by atoms with Crippen LogP contribution in [0.5, 0.6) is 0 Å². The van der Waals surface area contributed by atoms with Gasteiger partial charge in [0, 0.05) is 13.1 Å². The zero-order chi connectivity index (χ0) is 21.3. The Balaban J connectivity index is 1.91. The van der Waals surface area contributed by atoms with Crippen molar-refractivity contribution in [1.82, 2.24) is 4.31 Å². The quantitative estimate of drug-likeness (QED) is 0.696. The van der Waals surface area contributed by atoms with E-state index in [1.54, 1.807) is 12.1 Å². The van der Waals surface area contributed by atoms with Crippen LogP contribution < -0.4 is 5.32 Å². The molecule has 1 aliphatic heterocycles. The summed E-state index contributed by atoms with van der Waals surface area (Å²) in [7, 11) is -3.85.